The molecule has 2 aromatic carbocycles. The van der Waals surface area contributed by atoms with E-state index in [-0.39, 0.29) is 5.91 Å². The molecule has 1 N–H and O–H groups in total. The summed E-state index contributed by atoms with van der Waals surface area (Å²) in [6.45, 7) is 5.40. The summed E-state index contributed by atoms with van der Waals surface area (Å²) in [5.41, 5.74) is 1.18. The van der Waals surface area contributed by atoms with Crippen molar-refractivity contribution in [1.82, 2.24) is 5.32 Å². The topological polar surface area (TPSA) is 47.6 Å². The molecule has 4 heteroatoms. The van der Waals surface area contributed by atoms with Gasteiger partial charge in [0.2, 0.25) is 0 Å². The number of benzene rings is 2. The van der Waals surface area contributed by atoms with Crippen LogP contribution in [0.3, 0.4) is 0 Å². The molecule has 0 fully saturated rings. The van der Waals surface area contributed by atoms with Crippen LogP contribution in [0.25, 0.3) is 0 Å². The number of nitrogens with one attached hydrogen (secondary N) is 1. The van der Waals surface area contributed by atoms with Gasteiger partial charge in [0.25, 0.3) is 5.91 Å². The third kappa shape index (κ3) is 6.43. The van der Waals surface area contributed by atoms with Gasteiger partial charge in [-0.15, -0.1) is 0 Å². The van der Waals surface area contributed by atoms with Gasteiger partial charge in [-0.3, -0.25) is 4.79 Å². The molecule has 2 rings (SSSR count). The van der Waals surface area contributed by atoms with E-state index < -0.39 is 6.10 Å². The molecule has 0 saturated carbocycles. The van der Waals surface area contributed by atoms with Crippen LogP contribution in [-0.2, 0) is 11.2 Å². The molecule has 0 radical (unpaired) electrons. The second kappa shape index (κ2) is 11.2. The minimum Gasteiger partial charge on any atom is -0.493 e. The van der Waals surface area contributed by atoms with Crippen LogP contribution in [0.15, 0.2) is 54.6 Å². The molecule has 0 saturated heterocycles. The van der Waals surface area contributed by atoms with Crippen LogP contribution in [0.4, 0.5) is 0 Å². The lowest BCUT2D eigenvalue weighted by molar-refractivity contribution is -0.128. The summed E-state index contributed by atoms with van der Waals surface area (Å²) in [6.07, 6.45) is 2.90. The predicted octanol–water partition coefficient (Wildman–Crippen LogP) is 4.38. The SMILES string of the molecule is CCCOc1ccccc1CCCNC(=O)C(CC)Oc1ccccc1. The molecule has 1 unspecified atom stereocenters. The number of rotatable bonds is 11. The maximum absolute atomic E-state index is 12.3. The van der Waals surface area contributed by atoms with Crippen molar-refractivity contribution in [3.63, 3.8) is 0 Å². The monoisotopic (exact) mass is 355 g/mol. The summed E-state index contributed by atoms with van der Waals surface area (Å²) in [5, 5.41) is 2.98. The van der Waals surface area contributed by atoms with Crippen LogP contribution in [0.2, 0.25) is 0 Å². The minimum absolute atomic E-state index is 0.0631. The van der Waals surface area contributed by atoms with Gasteiger partial charge >= 0.3 is 0 Å². The molecule has 140 valence electrons. The number of carbonyl (C=O) groups excluding carboxylic acids is 1. The highest BCUT2D eigenvalue weighted by atomic mass is 16.5. The number of hydrogen-bond acceptors (Lipinski definition) is 3. The fourth-order valence-electron chi connectivity index (χ4n) is 2.65. The van der Waals surface area contributed by atoms with Crippen molar-refractivity contribution in [3.05, 3.63) is 60.2 Å². The Kier molecular flexibility index (Phi) is 8.53. The second-order valence-corrected chi connectivity index (χ2v) is 6.18. The van der Waals surface area contributed by atoms with Crippen LogP contribution in [0, 0.1) is 0 Å². The number of ether oxygens (including phenoxy) is 2. The summed E-state index contributed by atoms with van der Waals surface area (Å²) >= 11 is 0. The standard InChI is InChI=1S/C22H29NO3/c1-3-17-25-21-15-9-8-11-18(21)12-10-16-23-22(24)20(4-2)26-19-13-6-5-7-14-19/h5-9,11,13-15,20H,3-4,10,12,16-17H2,1-2H3,(H,23,24). The molecule has 4 nitrogen and oxygen atoms in total. The average Bonchev–Trinajstić information content (AvgIpc) is 2.69. The zero-order valence-corrected chi connectivity index (χ0v) is 15.7. The molecule has 0 bridgehead atoms. The van der Waals surface area contributed by atoms with E-state index in [1.54, 1.807) is 0 Å². The van der Waals surface area contributed by atoms with E-state index >= 15 is 0 Å². The summed E-state index contributed by atoms with van der Waals surface area (Å²) < 4.78 is 11.6. The van der Waals surface area contributed by atoms with Crippen molar-refractivity contribution >= 4 is 5.91 Å². The molecule has 2 aromatic rings. The Hall–Kier alpha value is -2.49. The van der Waals surface area contributed by atoms with Crippen LogP contribution in [0.1, 0.15) is 38.7 Å². The number of aryl methyl sites for hydroxylation is 1. The van der Waals surface area contributed by atoms with Gasteiger partial charge < -0.3 is 14.8 Å². The normalized spacial score (nSPS) is 11.6. The van der Waals surface area contributed by atoms with E-state index in [0.717, 1.165) is 37.4 Å². The first kappa shape index (κ1) is 19.8. The van der Waals surface area contributed by atoms with Crippen LogP contribution in [0.5, 0.6) is 11.5 Å². The fraction of sp³-hybridized carbons (Fsp3) is 0.409. The van der Waals surface area contributed by atoms with Gasteiger partial charge in [0.05, 0.1) is 6.61 Å². The van der Waals surface area contributed by atoms with Gasteiger partial charge in [0.15, 0.2) is 6.10 Å². The van der Waals surface area contributed by atoms with Gasteiger partial charge in [-0.2, -0.15) is 0 Å². The number of para-hydroxylation sites is 2. The fourth-order valence-corrected chi connectivity index (χ4v) is 2.65. The smallest absolute Gasteiger partial charge is 0.261 e. The quantitative estimate of drug-likeness (QED) is 0.609. The first-order chi connectivity index (χ1) is 12.7. The Morgan fingerprint density at radius 2 is 1.77 bits per heavy atom. The highest BCUT2D eigenvalue weighted by Crippen LogP contribution is 2.19. The number of carbonyl (C=O) groups is 1. The van der Waals surface area contributed by atoms with Crippen LogP contribution < -0.4 is 14.8 Å². The van der Waals surface area contributed by atoms with Gasteiger partial charge in [-0.25, -0.2) is 0 Å². The lowest BCUT2D eigenvalue weighted by Gasteiger charge is -2.17. The summed E-state index contributed by atoms with van der Waals surface area (Å²) in [6, 6.07) is 17.6. The third-order valence-corrected chi connectivity index (χ3v) is 4.04. The maximum atomic E-state index is 12.3. The molecule has 0 aliphatic rings. The minimum atomic E-state index is -0.461. The molecule has 26 heavy (non-hydrogen) atoms. The van der Waals surface area contributed by atoms with E-state index in [1.165, 1.54) is 5.56 Å². The van der Waals surface area contributed by atoms with Crippen molar-refractivity contribution in [2.24, 2.45) is 0 Å². The predicted molar refractivity (Wildman–Crippen MR) is 105 cm³/mol. The van der Waals surface area contributed by atoms with Crippen LogP contribution in [-0.4, -0.2) is 25.2 Å². The molecule has 0 heterocycles. The lowest BCUT2D eigenvalue weighted by Crippen LogP contribution is -2.38. The molecule has 0 spiro atoms. The highest BCUT2D eigenvalue weighted by molar-refractivity contribution is 5.81. The van der Waals surface area contributed by atoms with Gasteiger partial charge in [-0.05, 0) is 49.4 Å². The van der Waals surface area contributed by atoms with E-state index in [4.69, 9.17) is 9.47 Å². The maximum Gasteiger partial charge on any atom is 0.261 e. The Balaban J connectivity index is 1.77. The first-order valence-corrected chi connectivity index (χ1v) is 9.44. The van der Waals surface area contributed by atoms with Crippen molar-refractivity contribution in [1.29, 1.82) is 0 Å². The number of hydrogen-bond donors (Lipinski definition) is 1. The van der Waals surface area contributed by atoms with E-state index in [9.17, 15) is 4.79 Å². The van der Waals surface area contributed by atoms with Gasteiger partial charge in [0, 0.05) is 6.54 Å². The molecule has 0 aromatic heterocycles. The summed E-state index contributed by atoms with van der Waals surface area (Å²) in [4.78, 5) is 12.3. The molecular formula is C22H29NO3. The van der Waals surface area contributed by atoms with Crippen molar-refractivity contribution in [3.8, 4) is 11.5 Å². The highest BCUT2D eigenvalue weighted by Gasteiger charge is 2.17. The first-order valence-electron chi connectivity index (χ1n) is 9.44. The Morgan fingerprint density at radius 3 is 2.50 bits per heavy atom. The van der Waals surface area contributed by atoms with E-state index in [0.29, 0.717) is 13.0 Å². The molecule has 0 aliphatic carbocycles. The van der Waals surface area contributed by atoms with Gasteiger partial charge in [0.1, 0.15) is 11.5 Å². The molecule has 1 amide bonds. The zero-order valence-electron chi connectivity index (χ0n) is 15.7. The largest absolute Gasteiger partial charge is 0.493 e. The van der Waals surface area contributed by atoms with E-state index in [1.807, 2.05) is 55.5 Å². The Labute approximate surface area is 156 Å². The Bertz CT molecular complexity index is 657. The van der Waals surface area contributed by atoms with Gasteiger partial charge in [-0.1, -0.05) is 50.2 Å². The van der Waals surface area contributed by atoms with Crippen molar-refractivity contribution in [2.45, 2.75) is 45.6 Å². The molecular weight excluding hydrogens is 326 g/mol. The molecule has 1 atom stereocenters. The second-order valence-electron chi connectivity index (χ2n) is 6.18. The van der Waals surface area contributed by atoms with E-state index in [2.05, 4.69) is 18.3 Å². The Morgan fingerprint density at radius 1 is 1.04 bits per heavy atom. The number of amides is 1. The molecule has 0 aliphatic heterocycles. The van der Waals surface area contributed by atoms with Crippen molar-refractivity contribution < 1.29 is 14.3 Å². The average molecular weight is 355 g/mol. The van der Waals surface area contributed by atoms with Crippen LogP contribution >= 0.6 is 0 Å². The van der Waals surface area contributed by atoms with Crippen molar-refractivity contribution in [2.75, 3.05) is 13.2 Å². The zero-order chi connectivity index (χ0) is 18.6. The third-order valence-electron chi connectivity index (χ3n) is 4.04. The lowest BCUT2D eigenvalue weighted by atomic mass is 10.1. The summed E-state index contributed by atoms with van der Waals surface area (Å²) in [7, 11) is 0. The summed E-state index contributed by atoms with van der Waals surface area (Å²) in [5.74, 6) is 1.60.